The number of para-hydroxylation sites is 1. The smallest absolute Gasteiger partial charge is 0.144 e. The van der Waals surface area contributed by atoms with Crippen LogP contribution in [0, 0.1) is 0 Å². The summed E-state index contributed by atoms with van der Waals surface area (Å²) in [6, 6.07) is 76.9. The van der Waals surface area contributed by atoms with Gasteiger partial charge >= 0.3 is 0 Å². The number of benzene rings is 10. The molecule has 10 aromatic carbocycles. The Labute approximate surface area is 345 Å². The van der Waals surface area contributed by atoms with E-state index in [2.05, 4.69) is 217 Å². The van der Waals surface area contributed by atoms with Crippen molar-refractivity contribution in [1.29, 1.82) is 0 Å². The molecule has 276 valence electrons. The molecule has 12 rings (SSSR count). The van der Waals surface area contributed by atoms with Gasteiger partial charge in [-0.3, -0.25) is 0 Å². The van der Waals surface area contributed by atoms with Crippen molar-refractivity contribution in [1.82, 2.24) is 0 Å². The number of furan rings is 1. The number of thiophene rings is 1. The lowest BCUT2D eigenvalue weighted by atomic mass is 9.99. The zero-order valence-corrected chi connectivity index (χ0v) is 32.8. The van der Waals surface area contributed by atoms with Crippen LogP contribution in [-0.4, -0.2) is 0 Å². The summed E-state index contributed by atoms with van der Waals surface area (Å²) in [4.78, 5) is 2.35. The van der Waals surface area contributed by atoms with Gasteiger partial charge in [-0.2, -0.15) is 0 Å². The second-order valence-electron chi connectivity index (χ2n) is 15.3. The topological polar surface area (TPSA) is 16.4 Å². The van der Waals surface area contributed by atoms with Gasteiger partial charge in [-0.15, -0.1) is 11.3 Å². The molecule has 0 aliphatic carbocycles. The highest BCUT2D eigenvalue weighted by atomic mass is 32.1. The molecule has 2 aromatic heterocycles. The number of rotatable bonds is 6. The van der Waals surface area contributed by atoms with E-state index in [0.717, 1.165) is 50.1 Å². The Morgan fingerprint density at radius 2 is 0.814 bits per heavy atom. The zero-order chi connectivity index (χ0) is 38.9. The van der Waals surface area contributed by atoms with Gasteiger partial charge in [0.15, 0.2) is 0 Å². The van der Waals surface area contributed by atoms with Crippen molar-refractivity contribution >= 4 is 92.1 Å². The molecule has 0 N–H and O–H groups in total. The van der Waals surface area contributed by atoms with Gasteiger partial charge in [0.1, 0.15) is 11.2 Å². The Balaban J connectivity index is 0.943. The first-order valence-electron chi connectivity index (χ1n) is 20.1. The van der Waals surface area contributed by atoms with E-state index in [1.54, 1.807) is 0 Å². The van der Waals surface area contributed by atoms with Gasteiger partial charge in [-0.1, -0.05) is 146 Å². The summed E-state index contributed by atoms with van der Waals surface area (Å²) in [7, 11) is 0. The largest absolute Gasteiger partial charge is 0.455 e. The number of nitrogens with zero attached hydrogens (tertiary/aromatic N) is 1. The lowest BCUT2D eigenvalue weighted by Gasteiger charge is -2.26. The summed E-state index contributed by atoms with van der Waals surface area (Å²) in [6.45, 7) is 0. The molecule has 2 nitrogen and oxygen atoms in total. The normalized spacial score (nSPS) is 11.7. The Morgan fingerprint density at radius 1 is 0.322 bits per heavy atom. The van der Waals surface area contributed by atoms with Crippen LogP contribution < -0.4 is 4.90 Å². The minimum atomic E-state index is 0.920. The van der Waals surface area contributed by atoms with Crippen LogP contribution in [-0.2, 0) is 0 Å². The summed E-state index contributed by atoms with van der Waals surface area (Å²) in [5, 5.41) is 9.73. The molecule has 0 fully saturated rings. The van der Waals surface area contributed by atoms with Crippen molar-refractivity contribution in [3.63, 3.8) is 0 Å². The fraction of sp³-hybridized carbons (Fsp3) is 0. The molecular weight excluding hydrogens is 735 g/mol. The molecule has 0 aliphatic rings. The van der Waals surface area contributed by atoms with E-state index >= 15 is 0 Å². The maximum absolute atomic E-state index is 6.87. The van der Waals surface area contributed by atoms with Crippen molar-refractivity contribution in [3.05, 3.63) is 212 Å². The predicted molar refractivity (Wildman–Crippen MR) is 253 cm³/mol. The maximum Gasteiger partial charge on any atom is 0.144 e. The Bertz CT molecular complexity index is 3420. The van der Waals surface area contributed by atoms with Gasteiger partial charge in [0.05, 0.1) is 0 Å². The molecular formula is C56H35NOS. The molecule has 0 saturated heterocycles. The van der Waals surface area contributed by atoms with Crippen LogP contribution in [0.1, 0.15) is 0 Å². The first-order chi connectivity index (χ1) is 29.2. The summed E-state index contributed by atoms with van der Waals surface area (Å²) >= 11 is 1.82. The van der Waals surface area contributed by atoms with Crippen LogP contribution in [0.25, 0.3) is 97.0 Å². The van der Waals surface area contributed by atoms with Crippen LogP contribution in [0.5, 0.6) is 0 Å². The summed E-state index contributed by atoms with van der Waals surface area (Å²) in [5.41, 5.74) is 12.1. The van der Waals surface area contributed by atoms with E-state index in [9.17, 15) is 0 Å². The zero-order valence-electron chi connectivity index (χ0n) is 32.0. The molecule has 0 bridgehead atoms. The first kappa shape index (κ1) is 33.7. The van der Waals surface area contributed by atoms with Crippen molar-refractivity contribution in [2.45, 2.75) is 0 Å². The van der Waals surface area contributed by atoms with E-state index in [4.69, 9.17) is 4.42 Å². The minimum absolute atomic E-state index is 0.920. The third kappa shape index (κ3) is 5.70. The highest BCUT2D eigenvalue weighted by Crippen LogP contribution is 2.44. The van der Waals surface area contributed by atoms with E-state index in [0.29, 0.717) is 0 Å². The fourth-order valence-electron chi connectivity index (χ4n) is 8.87. The molecule has 0 aliphatic heterocycles. The number of hydrogen-bond donors (Lipinski definition) is 0. The lowest BCUT2D eigenvalue weighted by Crippen LogP contribution is -2.09. The summed E-state index contributed by atoms with van der Waals surface area (Å²) in [6.07, 6.45) is 0. The third-order valence-electron chi connectivity index (χ3n) is 11.9. The van der Waals surface area contributed by atoms with Gasteiger partial charge < -0.3 is 9.32 Å². The second kappa shape index (κ2) is 13.6. The van der Waals surface area contributed by atoms with Gasteiger partial charge in [0, 0.05) is 53.6 Å². The molecule has 2 heterocycles. The number of hydrogen-bond acceptors (Lipinski definition) is 3. The Hall–Kier alpha value is -7.46. The fourth-order valence-corrected chi connectivity index (χ4v) is 9.98. The minimum Gasteiger partial charge on any atom is -0.455 e. The van der Waals surface area contributed by atoms with Crippen molar-refractivity contribution in [3.8, 4) is 33.4 Å². The quantitative estimate of drug-likeness (QED) is 0.167. The monoisotopic (exact) mass is 769 g/mol. The molecule has 0 radical (unpaired) electrons. The Morgan fingerprint density at radius 3 is 1.42 bits per heavy atom. The van der Waals surface area contributed by atoms with E-state index in [1.165, 1.54) is 64.0 Å². The van der Waals surface area contributed by atoms with E-state index < -0.39 is 0 Å². The highest BCUT2D eigenvalue weighted by molar-refractivity contribution is 7.26. The van der Waals surface area contributed by atoms with Gasteiger partial charge in [0.2, 0.25) is 0 Å². The highest BCUT2D eigenvalue weighted by Gasteiger charge is 2.19. The predicted octanol–water partition coefficient (Wildman–Crippen LogP) is 16.7. The molecule has 0 spiro atoms. The molecule has 12 aromatic rings. The van der Waals surface area contributed by atoms with Crippen molar-refractivity contribution < 1.29 is 4.42 Å². The van der Waals surface area contributed by atoms with Gasteiger partial charge in [-0.05, 0) is 116 Å². The SMILES string of the molecule is c1ccc2cc(-c3ccc(N(c4ccc(-c5ccc6ccccc6c5)cc4)c4ccc(-c5cccc6c5oc5c6ccc6sc7ccccc7c65)cc4)cc3)ccc2c1. The standard InChI is InChI=1S/C56H35NOS/c1-3-10-41-34-43(18-16-36(41)8-1)38-20-26-45(27-21-38)57(46-28-22-39(23-29-46)44-19-17-37-9-2-4-11-42(37)35-44)47-30-24-40(25-31-47)48-13-7-14-49-50-32-33-53-54(56(50)58-55(48)49)51-12-5-6-15-52(51)59-53/h1-35H. The molecule has 3 heteroatoms. The van der Waals surface area contributed by atoms with E-state index in [1.807, 2.05) is 11.3 Å². The molecule has 0 amide bonds. The van der Waals surface area contributed by atoms with Gasteiger partial charge in [-0.25, -0.2) is 0 Å². The Kier molecular flexibility index (Phi) is 7.75. The first-order valence-corrected chi connectivity index (χ1v) is 20.9. The third-order valence-corrected chi connectivity index (χ3v) is 13.0. The van der Waals surface area contributed by atoms with Gasteiger partial charge in [0.25, 0.3) is 0 Å². The van der Waals surface area contributed by atoms with Crippen LogP contribution >= 0.6 is 11.3 Å². The number of anilines is 3. The summed E-state index contributed by atoms with van der Waals surface area (Å²) < 4.78 is 9.40. The van der Waals surface area contributed by atoms with Crippen molar-refractivity contribution in [2.24, 2.45) is 0 Å². The van der Waals surface area contributed by atoms with Crippen LogP contribution in [0.15, 0.2) is 217 Å². The van der Waals surface area contributed by atoms with Crippen LogP contribution in [0.4, 0.5) is 17.1 Å². The van der Waals surface area contributed by atoms with Crippen LogP contribution in [0.2, 0.25) is 0 Å². The van der Waals surface area contributed by atoms with E-state index in [-0.39, 0.29) is 0 Å². The molecule has 0 unspecified atom stereocenters. The summed E-state index contributed by atoms with van der Waals surface area (Å²) in [5.74, 6) is 0. The second-order valence-corrected chi connectivity index (χ2v) is 16.4. The number of fused-ring (bicyclic) bond motifs is 9. The molecule has 59 heavy (non-hydrogen) atoms. The maximum atomic E-state index is 6.87. The molecule has 0 saturated carbocycles. The molecule has 0 atom stereocenters. The van der Waals surface area contributed by atoms with Crippen LogP contribution in [0.3, 0.4) is 0 Å². The lowest BCUT2D eigenvalue weighted by molar-refractivity contribution is 0.674. The van der Waals surface area contributed by atoms with Crippen molar-refractivity contribution in [2.75, 3.05) is 4.90 Å². The average Bonchev–Trinajstić information content (AvgIpc) is 3.88. The average molecular weight is 770 g/mol.